The summed E-state index contributed by atoms with van der Waals surface area (Å²) in [6, 6.07) is 12.3. The summed E-state index contributed by atoms with van der Waals surface area (Å²) < 4.78 is 4.65. The molecule has 1 unspecified atom stereocenters. The largest absolute Gasteiger partial charge is 0.465 e. The van der Waals surface area contributed by atoms with Crippen molar-refractivity contribution in [2.24, 2.45) is 0 Å². The van der Waals surface area contributed by atoms with Crippen LogP contribution in [0, 0.1) is 0 Å². The highest BCUT2D eigenvalue weighted by atomic mass is 35.5. The van der Waals surface area contributed by atoms with Gasteiger partial charge in [0.25, 0.3) is 5.91 Å². The summed E-state index contributed by atoms with van der Waals surface area (Å²) >= 11 is 12.1. The van der Waals surface area contributed by atoms with Crippen LogP contribution in [0.4, 0.5) is 0 Å². The number of rotatable bonds is 7. The van der Waals surface area contributed by atoms with Crippen molar-refractivity contribution in [3.8, 4) is 0 Å². The van der Waals surface area contributed by atoms with Crippen molar-refractivity contribution >= 4 is 35.1 Å². The Bertz CT molecular complexity index is 779. The standard InChI is InChI=1S/C19H20Cl2N2O3/c1-23(11-15-7-8-16(20)9-17(15)21)12-18(24)22-10-13-3-5-14(6-4-13)19(25)26-2/h3-9H,10-12H2,1-2H3,(H,22,24)/p+1. The van der Waals surface area contributed by atoms with Crippen molar-refractivity contribution in [1.29, 1.82) is 0 Å². The molecule has 2 aromatic carbocycles. The predicted molar refractivity (Wildman–Crippen MR) is 102 cm³/mol. The topological polar surface area (TPSA) is 59.8 Å². The molecule has 2 N–H and O–H groups in total. The third kappa shape index (κ3) is 6.02. The second kappa shape index (κ2) is 9.57. The molecule has 0 bridgehead atoms. The molecule has 0 saturated heterocycles. The van der Waals surface area contributed by atoms with Gasteiger partial charge >= 0.3 is 5.97 Å². The van der Waals surface area contributed by atoms with E-state index in [0.29, 0.717) is 35.2 Å². The number of quaternary nitrogens is 1. The SMILES string of the molecule is COC(=O)c1ccc(CNC(=O)C[NH+](C)Cc2ccc(Cl)cc2Cl)cc1. The fourth-order valence-corrected chi connectivity index (χ4v) is 2.94. The van der Waals surface area contributed by atoms with Crippen molar-refractivity contribution in [3.05, 3.63) is 69.2 Å². The number of ether oxygens (including phenoxy) is 1. The van der Waals surface area contributed by atoms with Gasteiger partial charge in [0, 0.05) is 17.1 Å². The maximum absolute atomic E-state index is 12.1. The van der Waals surface area contributed by atoms with E-state index in [4.69, 9.17) is 23.2 Å². The van der Waals surface area contributed by atoms with Crippen LogP contribution in [0.5, 0.6) is 0 Å². The Balaban J connectivity index is 1.81. The van der Waals surface area contributed by atoms with E-state index >= 15 is 0 Å². The molecule has 2 aromatic rings. The number of carbonyl (C=O) groups is 2. The molecule has 0 spiro atoms. The van der Waals surface area contributed by atoms with E-state index in [1.54, 1.807) is 36.4 Å². The van der Waals surface area contributed by atoms with Gasteiger partial charge in [-0.05, 0) is 29.8 Å². The zero-order valence-electron chi connectivity index (χ0n) is 14.6. The van der Waals surface area contributed by atoms with E-state index < -0.39 is 0 Å². The average Bonchev–Trinajstić information content (AvgIpc) is 2.62. The van der Waals surface area contributed by atoms with Crippen LogP contribution in [0.2, 0.25) is 10.0 Å². The third-order valence-corrected chi connectivity index (χ3v) is 4.42. The first-order valence-corrected chi connectivity index (χ1v) is 8.84. The molecule has 0 aliphatic carbocycles. The first-order valence-electron chi connectivity index (χ1n) is 8.08. The second-order valence-electron chi connectivity index (χ2n) is 6.01. The molecule has 0 aliphatic heterocycles. The van der Waals surface area contributed by atoms with Crippen molar-refractivity contribution in [1.82, 2.24) is 5.32 Å². The Hall–Kier alpha value is -2.08. The van der Waals surface area contributed by atoms with Crippen LogP contribution in [-0.2, 0) is 22.6 Å². The minimum Gasteiger partial charge on any atom is -0.465 e. The Morgan fingerprint density at radius 1 is 1.12 bits per heavy atom. The number of methoxy groups -OCH3 is 1. The monoisotopic (exact) mass is 395 g/mol. The number of esters is 1. The lowest BCUT2D eigenvalue weighted by atomic mass is 10.1. The summed E-state index contributed by atoms with van der Waals surface area (Å²) in [5, 5.41) is 4.06. The molecule has 0 heterocycles. The van der Waals surface area contributed by atoms with E-state index in [-0.39, 0.29) is 11.9 Å². The maximum Gasteiger partial charge on any atom is 0.337 e. The van der Waals surface area contributed by atoms with Crippen molar-refractivity contribution in [2.45, 2.75) is 13.1 Å². The lowest BCUT2D eigenvalue weighted by Crippen LogP contribution is -3.08. The van der Waals surface area contributed by atoms with Gasteiger partial charge in [-0.2, -0.15) is 0 Å². The van der Waals surface area contributed by atoms with Gasteiger partial charge in [0.2, 0.25) is 0 Å². The highest BCUT2D eigenvalue weighted by molar-refractivity contribution is 6.35. The van der Waals surface area contributed by atoms with Gasteiger partial charge in [-0.25, -0.2) is 4.79 Å². The van der Waals surface area contributed by atoms with Crippen LogP contribution in [0.15, 0.2) is 42.5 Å². The number of amides is 1. The number of benzene rings is 2. The van der Waals surface area contributed by atoms with Gasteiger partial charge in [0.1, 0.15) is 6.54 Å². The number of carbonyl (C=O) groups excluding carboxylic acids is 2. The quantitative estimate of drug-likeness (QED) is 0.705. The minimum absolute atomic E-state index is 0.0652. The van der Waals surface area contributed by atoms with Crippen LogP contribution in [-0.4, -0.2) is 32.6 Å². The van der Waals surface area contributed by atoms with Crippen LogP contribution in [0.25, 0.3) is 0 Å². The number of hydrogen-bond donors (Lipinski definition) is 2. The van der Waals surface area contributed by atoms with Gasteiger partial charge < -0.3 is 15.0 Å². The van der Waals surface area contributed by atoms with Crippen molar-refractivity contribution in [2.75, 3.05) is 20.7 Å². The molecule has 0 saturated carbocycles. The Labute approximate surface area is 162 Å². The smallest absolute Gasteiger partial charge is 0.337 e. The average molecular weight is 396 g/mol. The molecule has 2 rings (SSSR count). The summed E-state index contributed by atoms with van der Waals surface area (Å²) in [5.74, 6) is -0.448. The maximum atomic E-state index is 12.1. The zero-order valence-corrected chi connectivity index (χ0v) is 16.2. The van der Waals surface area contributed by atoms with Gasteiger partial charge in [-0.1, -0.05) is 41.4 Å². The number of nitrogens with one attached hydrogen (secondary N) is 2. The molecule has 7 heteroatoms. The molecule has 26 heavy (non-hydrogen) atoms. The van der Waals surface area contributed by atoms with Crippen LogP contribution in [0.1, 0.15) is 21.5 Å². The fraction of sp³-hybridized carbons (Fsp3) is 0.263. The van der Waals surface area contributed by atoms with E-state index in [0.717, 1.165) is 16.0 Å². The van der Waals surface area contributed by atoms with Gasteiger partial charge in [0.05, 0.1) is 24.7 Å². The second-order valence-corrected chi connectivity index (χ2v) is 6.86. The highest BCUT2D eigenvalue weighted by Gasteiger charge is 2.13. The molecule has 138 valence electrons. The van der Waals surface area contributed by atoms with Gasteiger partial charge in [-0.3, -0.25) is 4.79 Å². The molecular formula is C19H21Cl2N2O3+. The molecule has 1 atom stereocenters. The van der Waals surface area contributed by atoms with E-state index in [1.165, 1.54) is 7.11 Å². The molecular weight excluding hydrogens is 375 g/mol. The summed E-state index contributed by atoms with van der Waals surface area (Å²) in [6.45, 7) is 1.34. The lowest BCUT2D eigenvalue weighted by molar-refractivity contribution is -0.885. The normalized spacial score (nSPS) is 11.7. The summed E-state index contributed by atoms with van der Waals surface area (Å²) in [4.78, 5) is 24.5. The molecule has 0 fully saturated rings. The summed E-state index contributed by atoms with van der Waals surface area (Å²) in [7, 11) is 3.27. The lowest BCUT2D eigenvalue weighted by Gasteiger charge is -2.15. The first kappa shape index (κ1) is 20.2. The van der Waals surface area contributed by atoms with Crippen LogP contribution < -0.4 is 10.2 Å². The Kier molecular flexibility index (Phi) is 7.45. The van der Waals surface area contributed by atoms with Crippen LogP contribution >= 0.6 is 23.2 Å². The molecule has 1 amide bonds. The van der Waals surface area contributed by atoms with Gasteiger partial charge in [0.15, 0.2) is 6.54 Å². The number of halogens is 2. The number of hydrogen-bond acceptors (Lipinski definition) is 3. The number of likely N-dealkylation sites (N-methyl/N-ethyl adjacent to an activating group) is 1. The summed E-state index contributed by atoms with van der Waals surface area (Å²) in [5.41, 5.74) is 2.33. The fourth-order valence-electron chi connectivity index (χ4n) is 2.47. The summed E-state index contributed by atoms with van der Waals surface area (Å²) in [6.07, 6.45) is 0. The highest BCUT2D eigenvalue weighted by Crippen LogP contribution is 2.20. The van der Waals surface area contributed by atoms with E-state index in [2.05, 4.69) is 10.1 Å². The Morgan fingerprint density at radius 2 is 1.81 bits per heavy atom. The van der Waals surface area contributed by atoms with E-state index in [9.17, 15) is 9.59 Å². The zero-order chi connectivity index (χ0) is 19.1. The first-order chi connectivity index (χ1) is 12.4. The Morgan fingerprint density at radius 3 is 2.42 bits per heavy atom. The molecule has 5 nitrogen and oxygen atoms in total. The molecule has 0 aromatic heterocycles. The van der Waals surface area contributed by atoms with E-state index in [1.807, 2.05) is 13.1 Å². The minimum atomic E-state index is -0.383. The van der Waals surface area contributed by atoms with Gasteiger partial charge in [-0.15, -0.1) is 0 Å². The predicted octanol–water partition coefficient (Wildman–Crippen LogP) is 2.11. The van der Waals surface area contributed by atoms with Crippen molar-refractivity contribution < 1.29 is 19.2 Å². The molecule has 0 radical (unpaired) electrons. The third-order valence-electron chi connectivity index (χ3n) is 3.83. The van der Waals surface area contributed by atoms with Crippen LogP contribution in [0.3, 0.4) is 0 Å². The molecule has 0 aliphatic rings. The van der Waals surface area contributed by atoms with Crippen molar-refractivity contribution in [3.63, 3.8) is 0 Å².